The van der Waals surface area contributed by atoms with E-state index in [0.717, 1.165) is 85.1 Å². The normalized spacial score (nSPS) is 13.3. The summed E-state index contributed by atoms with van der Waals surface area (Å²) in [5.41, 5.74) is 15.6. The van der Waals surface area contributed by atoms with Gasteiger partial charge < -0.3 is 23.7 Å². The fraction of sp³-hybridized carbons (Fsp3) is 0.321. The number of furan rings is 1. The van der Waals surface area contributed by atoms with Crippen molar-refractivity contribution in [3.63, 3.8) is 0 Å². The first-order valence-electron chi connectivity index (χ1n) is 21.9. The van der Waals surface area contributed by atoms with Gasteiger partial charge in [-0.3, -0.25) is 0 Å². The summed E-state index contributed by atoms with van der Waals surface area (Å²) < 4.78 is 18.9. The molecule has 0 N–H and O–H groups in total. The minimum absolute atomic E-state index is 0.0286. The quantitative estimate of drug-likeness (QED) is 0.160. The van der Waals surface area contributed by atoms with Crippen LogP contribution in [0.4, 0.5) is 34.1 Å². The van der Waals surface area contributed by atoms with Crippen molar-refractivity contribution in [2.24, 2.45) is 0 Å². The van der Waals surface area contributed by atoms with Crippen molar-refractivity contribution < 1.29 is 13.9 Å². The minimum Gasteiger partial charge on any atom is -0.490 e. The Bertz CT molecular complexity index is 2760. The molecule has 0 radical (unpaired) electrons. The average Bonchev–Trinajstić information content (AvgIpc) is 3.48. The Morgan fingerprint density at radius 2 is 1.13 bits per heavy atom. The van der Waals surface area contributed by atoms with Crippen molar-refractivity contribution in [2.45, 2.75) is 106 Å². The lowest BCUT2D eigenvalue weighted by molar-refractivity contribution is 0.297. The van der Waals surface area contributed by atoms with Crippen molar-refractivity contribution in [1.29, 1.82) is 0 Å². The third kappa shape index (κ3) is 8.32. The Kier molecular flexibility index (Phi) is 11.3. The van der Waals surface area contributed by atoms with Gasteiger partial charge in [-0.15, -0.1) is 0 Å². The van der Waals surface area contributed by atoms with Gasteiger partial charge in [-0.1, -0.05) is 129 Å². The Morgan fingerprint density at radius 1 is 0.532 bits per heavy atom. The Morgan fingerprint density at radius 3 is 1.77 bits per heavy atom. The molecular formula is C56H61ClN2O3. The molecule has 1 aromatic heterocycles. The third-order valence-corrected chi connectivity index (χ3v) is 12.5. The first-order chi connectivity index (χ1) is 29.3. The van der Waals surface area contributed by atoms with E-state index in [1.54, 1.807) is 0 Å². The van der Waals surface area contributed by atoms with E-state index in [0.29, 0.717) is 24.0 Å². The molecule has 0 fully saturated rings. The van der Waals surface area contributed by atoms with Gasteiger partial charge in [0.25, 0.3) is 0 Å². The lowest BCUT2D eigenvalue weighted by atomic mass is 9.84. The number of anilines is 6. The number of hydrogen-bond acceptors (Lipinski definition) is 5. The summed E-state index contributed by atoms with van der Waals surface area (Å²) in [5.74, 6) is 1.46. The van der Waals surface area contributed by atoms with Crippen LogP contribution >= 0.6 is 11.6 Å². The molecule has 7 aromatic rings. The molecule has 1 aliphatic rings. The maximum atomic E-state index is 8.10. The fourth-order valence-corrected chi connectivity index (χ4v) is 8.85. The zero-order valence-corrected chi connectivity index (χ0v) is 39.3. The molecule has 8 rings (SSSR count). The Balaban J connectivity index is 1.45. The molecule has 0 unspecified atom stereocenters. The molecule has 320 valence electrons. The second-order valence-electron chi connectivity index (χ2n) is 20.1. The van der Waals surface area contributed by atoms with Crippen LogP contribution in [0.1, 0.15) is 102 Å². The van der Waals surface area contributed by atoms with Crippen LogP contribution in [-0.2, 0) is 16.2 Å². The van der Waals surface area contributed by atoms with Crippen LogP contribution in [0, 0.1) is 20.8 Å². The zero-order chi connectivity index (χ0) is 44.3. The number of ether oxygens (including phenoxy) is 2. The Labute approximate surface area is 374 Å². The maximum absolute atomic E-state index is 8.10. The number of rotatable bonds is 7. The van der Waals surface area contributed by atoms with Crippen LogP contribution in [-0.4, -0.2) is 13.2 Å². The van der Waals surface area contributed by atoms with E-state index < -0.39 is 0 Å². The zero-order valence-electron chi connectivity index (χ0n) is 38.6. The molecule has 6 heteroatoms. The molecule has 0 aliphatic carbocycles. The highest BCUT2D eigenvalue weighted by molar-refractivity contribution is 6.37. The second kappa shape index (κ2) is 16.2. The van der Waals surface area contributed by atoms with E-state index in [4.69, 9.17) is 25.5 Å². The third-order valence-electron chi connectivity index (χ3n) is 12.1. The predicted molar refractivity (Wildman–Crippen MR) is 262 cm³/mol. The van der Waals surface area contributed by atoms with Gasteiger partial charge in [-0.2, -0.15) is 0 Å². The van der Waals surface area contributed by atoms with Crippen molar-refractivity contribution >= 4 is 56.7 Å². The van der Waals surface area contributed by atoms with Gasteiger partial charge in [0.1, 0.15) is 11.8 Å². The fourth-order valence-electron chi connectivity index (χ4n) is 8.57. The van der Waals surface area contributed by atoms with Crippen LogP contribution in [0.25, 0.3) is 22.1 Å². The van der Waals surface area contributed by atoms with Crippen molar-refractivity contribution in [3.05, 3.63) is 154 Å². The molecule has 0 atom stereocenters. The monoisotopic (exact) mass is 844 g/mol. The van der Waals surface area contributed by atoms with Crippen molar-refractivity contribution in [3.8, 4) is 22.6 Å². The molecule has 62 heavy (non-hydrogen) atoms. The van der Waals surface area contributed by atoms with E-state index >= 15 is 0 Å². The highest BCUT2D eigenvalue weighted by Crippen LogP contribution is 2.53. The van der Waals surface area contributed by atoms with E-state index in [1.165, 1.54) is 16.7 Å². The van der Waals surface area contributed by atoms with Gasteiger partial charge in [0.05, 0.1) is 52.4 Å². The van der Waals surface area contributed by atoms with Gasteiger partial charge >= 0.3 is 0 Å². The summed E-state index contributed by atoms with van der Waals surface area (Å²) in [6.45, 7) is 28.1. The smallest absolute Gasteiger partial charge is 0.163 e. The van der Waals surface area contributed by atoms with Crippen LogP contribution in [0.3, 0.4) is 0 Å². The second-order valence-corrected chi connectivity index (χ2v) is 20.5. The van der Waals surface area contributed by atoms with E-state index in [2.05, 4.69) is 196 Å². The van der Waals surface area contributed by atoms with E-state index in [9.17, 15) is 0 Å². The molecule has 0 bridgehead atoms. The summed E-state index contributed by atoms with van der Waals surface area (Å²) in [5, 5.41) is 1.63. The topological polar surface area (TPSA) is 38.1 Å². The maximum Gasteiger partial charge on any atom is 0.163 e. The Hall–Kier alpha value is -5.65. The minimum atomic E-state index is -0.0741. The van der Waals surface area contributed by atoms with Gasteiger partial charge in [0.15, 0.2) is 11.5 Å². The number of halogens is 1. The summed E-state index contributed by atoms with van der Waals surface area (Å²) in [4.78, 5) is 4.63. The SMILES string of the molecule is Cc1cc(N(c2ccc3c(c2)OCCCO3)c2ccc(C(C)(C)C)cc2-c2ccccc2)c(Cl)c(N(c2c(C)cc(C(C)(C)C)cc2C)c2coc3ccc(C(C)(C)C)cc23)c1. The summed E-state index contributed by atoms with van der Waals surface area (Å²) >= 11 is 8.10. The highest BCUT2D eigenvalue weighted by Gasteiger charge is 2.30. The first-order valence-corrected chi connectivity index (χ1v) is 22.3. The number of nitrogens with zero attached hydrogens (tertiary/aromatic N) is 2. The van der Waals surface area contributed by atoms with E-state index in [-0.39, 0.29) is 16.2 Å². The number of aryl methyl sites for hydroxylation is 3. The highest BCUT2D eigenvalue weighted by atomic mass is 35.5. The van der Waals surface area contributed by atoms with Crippen LogP contribution < -0.4 is 19.3 Å². The number of benzene rings is 6. The molecule has 0 amide bonds. The lowest BCUT2D eigenvalue weighted by Crippen LogP contribution is -2.18. The molecule has 1 aliphatic heterocycles. The molecule has 5 nitrogen and oxygen atoms in total. The molecule has 0 spiro atoms. The van der Waals surface area contributed by atoms with Crippen LogP contribution in [0.15, 0.2) is 120 Å². The standard InChI is InChI=1S/C56H61ClN2O3/c1-35-27-46(58(42-21-24-50-51(33-42)61-26-16-25-60-50)45-22-19-39(54(4,5)6)31-43(45)38-17-14-13-15-18-38)52(57)47(28-35)59(53-36(2)29-41(30-37(53)3)56(10,11)12)48-34-62-49-23-20-40(32-44(48)49)55(7,8)9/h13-15,17-24,27-34H,16,25-26H2,1-12H3. The lowest BCUT2D eigenvalue weighted by Gasteiger charge is -2.34. The van der Waals surface area contributed by atoms with Crippen LogP contribution in [0.2, 0.25) is 5.02 Å². The molecule has 6 aromatic carbocycles. The molecular weight excluding hydrogens is 784 g/mol. The summed E-state index contributed by atoms with van der Waals surface area (Å²) in [6, 6.07) is 39.4. The largest absolute Gasteiger partial charge is 0.490 e. The van der Waals surface area contributed by atoms with Gasteiger partial charge in [-0.05, 0) is 124 Å². The summed E-state index contributed by atoms with van der Waals surface area (Å²) in [7, 11) is 0. The molecule has 0 saturated heterocycles. The predicted octanol–water partition coefficient (Wildman–Crippen LogP) is 16.7. The van der Waals surface area contributed by atoms with Gasteiger partial charge in [0, 0.05) is 23.4 Å². The summed E-state index contributed by atoms with van der Waals surface area (Å²) in [6.07, 6.45) is 2.71. The average molecular weight is 846 g/mol. The first kappa shape index (κ1) is 43.0. The number of hydrogen-bond donors (Lipinski definition) is 0. The van der Waals surface area contributed by atoms with Crippen LogP contribution in [0.5, 0.6) is 11.5 Å². The molecule has 2 heterocycles. The molecule has 0 saturated carbocycles. The van der Waals surface area contributed by atoms with Gasteiger partial charge in [-0.25, -0.2) is 0 Å². The number of fused-ring (bicyclic) bond motifs is 2. The van der Waals surface area contributed by atoms with Crippen molar-refractivity contribution in [1.82, 2.24) is 0 Å². The van der Waals surface area contributed by atoms with Crippen molar-refractivity contribution in [2.75, 3.05) is 23.0 Å². The van der Waals surface area contributed by atoms with Gasteiger partial charge in [0.2, 0.25) is 0 Å². The van der Waals surface area contributed by atoms with E-state index in [1.807, 2.05) is 12.3 Å².